The molecule has 2 aliphatic rings. The van der Waals surface area contributed by atoms with Crippen LogP contribution in [0.5, 0.6) is 11.5 Å². The average Bonchev–Trinajstić information content (AvgIpc) is 3.34. The van der Waals surface area contributed by atoms with E-state index in [1.54, 1.807) is 14.2 Å². The largest absolute Gasteiger partial charge is 0.493 e. The summed E-state index contributed by atoms with van der Waals surface area (Å²) < 4.78 is 10.8. The number of ether oxygens (including phenoxy) is 2. The molecule has 7 nitrogen and oxygen atoms in total. The topological polar surface area (TPSA) is 93.9 Å². The van der Waals surface area contributed by atoms with E-state index in [9.17, 15) is 9.59 Å². The zero-order valence-corrected chi connectivity index (χ0v) is 19.7. The Morgan fingerprint density at radius 3 is 2.50 bits per heavy atom. The van der Waals surface area contributed by atoms with Crippen molar-refractivity contribution in [2.75, 3.05) is 27.3 Å². The van der Waals surface area contributed by atoms with Crippen LogP contribution in [0.1, 0.15) is 68.9 Å². The first-order valence-electron chi connectivity index (χ1n) is 12.1. The molecule has 7 heteroatoms. The smallest absolute Gasteiger partial charge is 0.239 e. The summed E-state index contributed by atoms with van der Waals surface area (Å²) in [6.07, 6.45) is 9.93. The van der Waals surface area contributed by atoms with Gasteiger partial charge in [0.25, 0.3) is 0 Å². The van der Waals surface area contributed by atoms with Crippen molar-refractivity contribution in [1.29, 1.82) is 0 Å². The van der Waals surface area contributed by atoms with E-state index >= 15 is 0 Å². The Morgan fingerprint density at radius 1 is 1.12 bits per heavy atom. The van der Waals surface area contributed by atoms with Crippen LogP contribution in [0.4, 0.5) is 0 Å². The van der Waals surface area contributed by atoms with Crippen LogP contribution < -0.4 is 20.5 Å². The Kier molecular flexibility index (Phi) is 9.21. The fourth-order valence-electron chi connectivity index (χ4n) is 4.87. The number of unbranched alkanes of at least 4 members (excludes halogenated alkanes) is 1. The van der Waals surface area contributed by atoms with Gasteiger partial charge in [0.2, 0.25) is 11.8 Å². The Labute approximate surface area is 192 Å². The minimum atomic E-state index is -0.505. The Balaban J connectivity index is 1.35. The number of amides is 2. The van der Waals surface area contributed by atoms with Crippen molar-refractivity contribution in [2.45, 2.75) is 76.8 Å². The number of nitrogens with two attached hydrogens (primary N) is 1. The van der Waals surface area contributed by atoms with Gasteiger partial charge < -0.3 is 25.4 Å². The average molecular weight is 446 g/mol. The lowest BCUT2D eigenvalue weighted by Gasteiger charge is -2.31. The fraction of sp³-hybridized carbons (Fsp3) is 0.680. The molecule has 1 fully saturated rings. The molecule has 0 aromatic heterocycles. The van der Waals surface area contributed by atoms with Crippen LogP contribution in [0.2, 0.25) is 0 Å². The van der Waals surface area contributed by atoms with E-state index in [1.165, 1.54) is 31.2 Å². The highest BCUT2D eigenvalue weighted by Gasteiger charge is 2.26. The van der Waals surface area contributed by atoms with Crippen molar-refractivity contribution >= 4 is 11.8 Å². The zero-order chi connectivity index (χ0) is 22.9. The number of nitrogens with one attached hydrogen (secondary N) is 1. The third kappa shape index (κ3) is 6.61. The third-order valence-corrected chi connectivity index (χ3v) is 6.87. The summed E-state index contributed by atoms with van der Waals surface area (Å²) in [6, 6.07) is 3.45. The number of carbonyl (C=O) groups is 2. The number of methoxy groups -OCH3 is 2. The van der Waals surface area contributed by atoms with E-state index in [0.717, 1.165) is 37.2 Å². The molecule has 1 aliphatic heterocycles. The van der Waals surface area contributed by atoms with Gasteiger partial charge in [-0.1, -0.05) is 25.7 Å². The molecular weight excluding hydrogens is 406 g/mol. The minimum absolute atomic E-state index is 0.00830. The lowest BCUT2D eigenvalue weighted by Crippen LogP contribution is -2.45. The van der Waals surface area contributed by atoms with Gasteiger partial charge >= 0.3 is 0 Å². The van der Waals surface area contributed by atoms with Gasteiger partial charge in [-0.2, -0.15) is 0 Å². The maximum Gasteiger partial charge on any atom is 0.239 e. The van der Waals surface area contributed by atoms with Crippen LogP contribution in [-0.4, -0.2) is 50.1 Å². The van der Waals surface area contributed by atoms with Gasteiger partial charge in [-0.15, -0.1) is 0 Å². The fourth-order valence-corrected chi connectivity index (χ4v) is 4.87. The highest BCUT2D eigenvalue weighted by molar-refractivity contribution is 5.82. The van der Waals surface area contributed by atoms with E-state index in [-0.39, 0.29) is 11.8 Å². The molecule has 1 heterocycles. The number of benzene rings is 1. The summed E-state index contributed by atoms with van der Waals surface area (Å²) >= 11 is 0. The Morgan fingerprint density at radius 2 is 1.81 bits per heavy atom. The number of carbonyl (C=O) groups excluding carboxylic acids is 2. The summed E-state index contributed by atoms with van der Waals surface area (Å²) in [6.45, 7) is 1.86. The summed E-state index contributed by atoms with van der Waals surface area (Å²) in [4.78, 5) is 26.7. The molecule has 1 unspecified atom stereocenters. The molecule has 1 aromatic carbocycles. The molecule has 0 radical (unpaired) electrons. The van der Waals surface area contributed by atoms with E-state index in [2.05, 4.69) is 5.32 Å². The zero-order valence-electron chi connectivity index (χ0n) is 19.7. The van der Waals surface area contributed by atoms with Crippen LogP contribution in [0.15, 0.2) is 12.1 Å². The van der Waals surface area contributed by atoms with Crippen molar-refractivity contribution in [3.63, 3.8) is 0 Å². The summed E-state index contributed by atoms with van der Waals surface area (Å²) in [5.41, 5.74) is 8.47. The molecule has 3 N–H and O–H groups in total. The molecule has 1 aliphatic carbocycles. The first-order chi connectivity index (χ1) is 15.5. The number of hydrogen-bond donors (Lipinski definition) is 2. The van der Waals surface area contributed by atoms with Gasteiger partial charge in [-0.25, -0.2) is 0 Å². The van der Waals surface area contributed by atoms with Crippen molar-refractivity contribution in [2.24, 2.45) is 11.7 Å². The van der Waals surface area contributed by atoms with E-state index in [1.807, 2.05) is 17.0 Å². The second-order valence-electron chi connectivity index (χ2n) is 9.13. The van der Waals surface area contributed by atoms with Gasteiger partial charge in [0, 0.05) is 26.1 Å². The first kappa shape index (κ1) is 24.4. The van der Waals surface area contributed by atoms with Crippen LogP contribution in [0, 0.1) is 5.92 Å². The van der Waals surface area contributed by atoms with Crippen LogP contribution in [0.3, 0.4) is 0 Å². The molecule has 0 saturated heterocycles. The Bertz CT molecular complexity index is 777. The number of nitrogens with zero attached hydrogens (tertiary/aromatic N) is 1. The van der Waals surface area contributed by atoms with Gasteiger partial charge in [0.05, 0.1) is 20.3 Å². The summed E-state index contributed by atoms with van der Waals surface area (Å²) in [7, 11) is 3.24. The highest BCUT2D eigenvalue weighted by Crippen LogP contribution is 2.33. The number of fused-ring (bicyclic) bond motifs is 1. The maximum atomic E-state index is 12.8. The molecule has 32 heavy (non-hydrogen) atoms. The van der Waals surface area contributed by atoms with Crippen LogP contribution >= 0.6 is 0 Å². The molecule has 2 amide bonds. The van der Waals surface area contributed by atoms with Gasteiger partial charge in [-0.3, -0.25) is 9.59 Å². The third-order valence-electron chi connectivity index (χ3n) is 6.87. The standard InChI is InChI=1S/C25H39N3O4/c1-31-22-15-19-12-14-28(17-20(19)16-23(22)32-2)25(30)21(26)9-5-6-13-27-24(29)11-10-18-7-3-4-8-18/h15-16,18,21H,3-14,17,26H2,1-2H3,(H,27,29). The Hall–Kier alpha value is -2.28. The lowest BCUT2D eigenvalue weighted by molar-refractivity contribution is -0.133. The van der Waals surface area contributed by atoms with Crippen LogP contribution in [-0.2, 0) is 22.6 Å². The molecule has 0 bridgehead atoms. The number of hydrogen-bond acceptors (Lipinski definition) is 5. The predicted molar refractivity (Wildman–Crippen MR) is 125 cm³/mol. The van der Waals surface area contributed by atoms with Crippen molar-refractivity contribution in [1.82, 2.24) is 10.2 Å². The summed E-state index contributed by atoms with van der Waals surface area (Å²) in [5.74, 6) is 2.28. The molecule has 1 saturated carbocycles. The molecule has 1 atom stereocenters. The van der Waals surface area contributed by atoms with Gasteiger partial charge in [0.15, 0.2) is 11.5 Å². The normalized spacial score (nSPS) is 17.0. The second-order valence-corrected chi connectivity index (χ2v) is 9.13. The summed E-state index contributed by atoms with van der Waals surface area (Å²) in [5, 5.41) is 3.01. The molecule has 0 spiro atoms. The molecular formula is C25H39N3O4. The van der Waals surface area contributed by atoms with E-state index < -0.39 is 6.04 Å². The quantitative estimate of drug-likeness (QED) is 0.510. The van der Waals surface area contributed by atoms with E-state index in [0.29, 0.717) is 44.0 Å². The van der Waals surface area contributed by atoms with Crippen molar-refractivity contribution in [3.05, 3.63) is 23.3 Å². The lowest BCUT2D eigenvalue weighted by atomic mass is 9.97. The van der Waals surface area contributed by atoms with Crippen molar-refractivity contribution < 1.29 is 19.1 Å². The predicted octanol–water partition coefficient (Wildman–Crippen LogP) is 3.17. The first-order valence-corrected chi connectivity index (χ1v) is 12.1. The molecule has 3 rings (SSSR count). The molecule has 178 valence electrons. The van der Waals surface area contributed by atoms with Gasteiger partial charge in [0.1, 0.15) is 0 Å². The molecule has 1 aromatic rings. The monoisotopic (exact) mass is 445 g/mol. The van der Waals surface area contributed by atoms with Gasteiger partial charge in [-0.05, 0) is 61.3 Å². The number of rotatable bonds is 11. The van der Waals surface area contributed by atoms with E-state index in [4.69, 9.17) is 15.2 Å². The maximum absolute atomic E-state index is 12.8. The van der Waals surface area contributed by atoms with Crippen molar-refractivity contribution in [3.8, 4) is 11.5 Å². The SMILES string of the molecule is COc1cc2c(cc1OC)CN(C(=O)C(N)CCCCNC(=O)CCC1CCCC1)CC2. The highest BCUT2D eigenvalue weighted by atomic mass is 16.5. The minimum Gasteiger partial charge on any atom is -0.493 e. The van der Waals surface area contributed by atoms with Crippen LogP contribution in [0.25, 0.3) is 0 Å². The second kappa shape index (κ2) is 12.1.